The van der Waals surface area contributed by atoms with Crippen molar-refractivity contribution < 1.29 is 0 Å². The molecule has 1 aliphatic heterocycles. The molecule has 0 spiro atoms. The Morgan fingerprint density at radius 1 is 1.00 bits per heavy atom. The maximum atomic E-state index is 2.44. The van der Waals surface area contributed by atoms with Crippen LogP contribution in [-0.2, 0) is 0 Å². The van der Waals surface area contributed by atoms with E-state index in [0.717, 1.165) is 0 Å². The van der Waals surface area contributed by atoms with Crippen molar-refractivity contribution in [3.05, 3.63) is 62.9 Å². The molecule has 0 bridgehead atoms. The second kappa shape index (κ2) is 5.53. The van der Waals surface area contributed by atoms with E-state index in [1.54, 1.807) is 5.57 Å². The smallest absolute Gasteiger partial charge is 0.0378 e. The number of rotatable bonds is 0. The molecule has 0 radical (unpaired) electrons. The summed E-state index contributed by atoms with van der Waals surface area (Å²) in [5.74, 6) is 0. The molecule has 22 heavy (non-hydrogen) atoms. The third kappa shape index (κ3) is 2.27. The highest BCUT2D eigenvalue weighted by Crippen LogP contribution is 2.42. The fourth-order valence-electron chi connectivity index (χ4n) is 3.63. The van der Waals surface area contributed by atoms with Crippen LogP contribution in [0.4, 0.5) is 0 Å². The second-order valence-electron chi connectivity index (χ2n) is 6.36. The molecule has 4 rings (SSSR count). The number of fused-ring (bicyclic) bond motifs is 2. The lowest BCUT2D eigenvalue weighted by Crippen LogP contribution is -2.27. The van der Waals surface area contributed by atoms with Gasteiger partial charge in [-0.1, -0.05) is 29.8 Å². The molecule has 1 aromatic heterocycles. The van der Waals surface area contributed by atoms with Crippen LogP contribution in [0.3, 0.4) is 0 Å². The van der Waals surface area contributed by atoms with Crippen LogP contribution >= 0.6 is 11.3 Å². The van der Waals surface area contributed by atoms with Crippen LogP contribution < -0.4 is 0 Å². The summed E-state index contributed by atoms with van der Waals surface area (Å²) in [6.07, 6.45) is 4.73. The summed E-state index contributed by atoms with van der Waals surface area (Å²) in [5, 5.41) is 2.24. The molecular weight excluding hydrogens is 286 g/mol. The highest BCUT2D eigenvalue weighted by molar-refractivity contribution is 7.11. The largest absolute Gasteiger partial charge is 0.306 e. The Morgan fingerprint density at radius 2 is 1.77 bits per heavy atom. The van der Waals surface area contributed by atoms with Crippen LogP contribution in [0.15, 0.2) is 41.3 Å². The number of hydrogen-bond acceptors (Lipinski definition) is 2. The molecule has 0 atom stereocenters. The van der Waals surface area contributed by atoms with E-state index in [1.807, 2.05) is 11.3 Å². The van der Waals surface area contributed by atoms with Gasteiger partial charge in [-0.15, -0.1) is 11.3 Å². The standard InChI is InChI=1S/C20H21NS/c1-14-13-16-5-3-4-6-17(16)19(18-9-12-22-20(14)18)15-7-10-21(2)11-8-15/h3-6,9,12-13H,7-8,10-11H2,1-2H3. The molecule has 0 amide bonds. The molecule has 0 N–H and O–H groups in total. The third-order valence-electron chi connectivity index (χ3n) is 4.84. The van der Waals surface area contributed by atoms with E-state index in [-0.39, 0.29) is 0 Å². The molecule has 1 aliphatic carbocycles. The Bertz CT molecular complexity index is 769. The van der Waals surface area contributed by atoms with Crippen LogP contribution in [0, 0.1) is 0 Å². The minimum absolute atomic E-state index is 1.17. The van der Waals surface area contributed by atoms with Crippen molar-refractivity contribution in [1.82, 2.24) is 4.90 Å². The third-order valence-corrected chi connectivity index (χ3v) is 5.89. The molecule has 1 saturated heterocycles. The van der Waals surface area contributed by atoms with Crippen molar-refractivity contribution in [2.45, 2.75) is 19.8 Å². The topological polar surface area (TPSA) is 3.24 Å². The average molecular weight is 307 g/mol. The van der Waals surface area contributed by atoms with Crippen LogP contribution in [0.2, 0.25) is 0 Å². The minimum Gasteiger partial charge on any atom is -0.306 e. The van der Waals surface area contributed by atoms with Gasteiger partial charge in [0.15, 0.2) is 0 Å². The van der Waals surface area contributed by atoms with Gasteiger partial charge in [-0.3, -0.25) is 0 Å². The Balaban J connectivity index is 1.97. The summed E-state index contributed by atoms with van der Waals surface area (Å²) in [4.78, 5) is 3.88. The number of nitrogens with zero attached hydrogens (tertiary/aromatic N) is 1. The van der Waals surface area contributed by atoms with Crippen molar-refractivity contribution >= 4 is 28.6 Å². The molecule has 112 valence electrons. The van der Waals surface area contributed by atoms with Crippen molar-refractivity contribution in [2.75, 3.05) is 20.1 Å². The molecule has 2 heteroatoms. The molecule has 0 unspecified atom stereocenters. The zero-order valence-corrected chi connectivity index (χ0v) is 14.0. The van der Waals surface area contributed by atoms with E-state index >= 15 is 0 Å². The van der Waals surface area contributed by atoms with Gasteiger partial charge < -0.3 is 4.90 Å². The molecule has 2 heterocycles. The highest BCUT2D eigenvalue weighted by Gasteiger charge is 2.23. The average Bonchev–Trinajstić information content (AvgIpc) is 2.96. The summed E-state index contributed by atoms with van der Waals surface area (Å²) < 4.78 is 0. The van der Waals surface area contributed by atoms with Gasteiger partial charge in [0.1, 0.15) is 0 Å². The zero-order valence-electron chi connectivity index (χ0n) is 13.2. The number of benzene rings is 1. The lowest BCUT2D eigenvalue weighted by atomic mass is 9.87. The number of piperidine rings is 1. The first kappa shape index (κ1) is 14.0. The predicted molar refractivity (Wildman–Crippen MR) is 97.1 cm³/mol. The number of thiophene rings is 1. The summed E-state index contributed by atoms with van der Waals surface area (Å²) >= 11 is 1.87. The zero-order chi connectivity index (χ0) is 15.1. The van der Waals surface area contributed by atoms with E-state index in [9.17, 15) is 0 Å². The Kier molecular flexibility index (Phi) is 3.51. The summed E-state index contributed by atoms with van der Waals surface area (Å²) in [6, 6.07) is 11.2. The quantitative estimate of drug-likeness (QED) is 0.650. The van der Waals surface area contributed by atoms with E-state index < -0.39 is 0 Å². The molecule has 1 aromatic carbocycles. The fraction of sp³-hybridized carbons (Fsp3) is 0.300. The molecule has 1 fully saturated rings. The molecule has 2 aliphatic rings. The lowest BCUT2D eigenvalue weighted by Gasteiger charge is -2.27. The highest BCUT2D eigenvalue weighted by atomic mass is 32.1. The Labute approximate surface area is 136 Å². The van der Waals surface area contributed by atoms with Gasteiger partial charge in [-0.05, 0) is 66.6 Å². The first-order valence-electron chi connectivity index (χ1n) is 8.00. The van der Waals surface area contributed by atoms with E-state index in [0.29, 0.717) is 0 Å². The van der Waals surface area contributed by atoms with E-state index in [4.69, 9.17) is 0 Å². The SMILES string of the molecule is CC1=Cc2ccccc2C(=C2CCN(C)CC2)c2ccsc21. The van der Waals surface area contributed by atoms with Crippen LogP contribution in [0.5, 0.6) is 0 Å². The van der Waals surface area contributed by atoms with E-state index in [2.05, 4.69) is 60.7 Å². The molecule has 2 aromatic rings. The summed E-state index contributed by atoms with van der Waals surface area (Å²) in [7, 11) is 2.23. The second-order valence-corrected chi connectivity index (χ2v) is 7.28. The normalized spacial score (nSPS) is 18.5. The van der Waals surface area contributed by atoms with Crippen LogP contribution in [-0.4, -0.2) is 25.0 Å². The van der Waals surface area contributed by atoms with Gasteiger partial charge in [-0.2, -0.15) is 0 Å². The van der Waals surface area contributed by atoms with Gasteiger partial charge in [0.25, 0.3) is 0 Å². The summed E-state index contributed by atoms with van der Waals surface area (Å²) in [5.41, 5.74) is 8.76. The van der Waals surface area contributed by atoms with Gasteiger partial charge in [0, 0.05) is 23.5 Å². The minimum atomic E-state index is 1.17. The first-order chi connectivity index (χ1) is 10.7. The first-order valence-corrected chi connectivity index (χ1v) is 8.88. The van der Waals surface area contributed by atoms with Crippen molar-refractivity contribution in [1.29, 1.82) is 0 Å². The number of likely N-dealkylation sites (tertiary alicyclic amines) is 1. The monoisotopic (exact) mass is 307 g/mol. The van der Waals surface area contributed by atoms with Crippen LogP contribution in [0.1, 0.15) is 41.3 Å². The Hall–Kier alpha value is -1.64. The number of hydrogen-bond donors (Lipinski definition) is 0. The van der Waals surface area contributed by atoms with E-state index in [1.165, 1.54) is 58.6 Å². The fourth-order valence-corrected chi connectivity index (χ4v) is 4.51. The van der Waals surface area contributed by atoms with Crippen LogP contribution in [0.25, 0.3) is 17.2 Å². The predicted octanol–water partition coefficient (Wildman–Crippen LogP) is 5.15. The Morgan fingerprint density at radius 3 is 2.59 bits per heavy atom. The molecular formula is C20H21NS. The van der Waals surface area contributed by atoms with Crippen molar-refractivity contribution in [3.8, 4) is 0 Å². The van der Waals surface area contributed by atoms with Crippen molar-refractivity contribution in [2.24, 2.45) is 0 Å². The van der Waals surface area contributed by atoms with Gasteiger partial charge in [-0.25, -0.2) is 0 Å². The van der Waals surface area contributed by atoms with Gasteiger partial charge in [0.05, 0.1) is 0 Å². The van der Waals surface area contributed by atoms with Crippen molar-refractivity contribution in [3.63, 3.8) is 0 Å². The van der Waals surface area contributed by atoms with Gasteiger partial charge >= 0.3 is 0 Å². The maximum Gasteiger partial charge on any atom is 0.0378 e. The maximum absolute atomic E-state index is 2.44. The summed E-state index contributed by atoms with van der Waals surface area (Å²) in [6.45, 7) is 4.59. The lowest BCUT2D eigenvalue weighted by molar-refractivity contribution is 0.313. The number of allylic oxidation sites excluding steroid dienone is 1. The van der Waals surface area contributed by atoms with Gasteiger partial charge in [0.2, 0.25) is 0 Å². The molecule has 0 saturated carbocycles. The molecule has 1 nitrogen and oxygen atoms in total.